The summed E-state index contributed by atoms with van der Waals surface area (Å²) in [5.74, 6) is 2.04. The Morgan fingerprint density at radius 2 is 1.92 bits per heavy atom. The second-order valence-corrected chi connectivity index (χ2v) is 6.47. The predicted molar refractivity (Wildman–Crippen MR) is 90.5 cm³/mol. The van der Waals surface area contributed by atoms with Crippen LogP contribution in [0.4, 0.5) is 5.69 Å². The Morgan fingerprint density at radius 3 is 2.54 bits per heavy atom. The molecule has 2 aliphatic rings. The summed E-state index contributed by atoms with van der Waals surface area (Å²) < 4.78 is 10.7. The molecular weight excluding hydrogens is 306 g/mol. The third-order valence-corrected chi connectivity index (χ3v) is 4.63. The van der Waals surface area contributed by atoms with E-state index in [2.05, 4.69) is 15.5 Å². The van der Waals surface area contributed by atoms with Gasteiger partial charge in [0.05, 0.1) is 25.6 Å². The van der Waals surface area contributed by atoms with Gasteiger partial charge < -0.3 is 14.8 Å². The molecule has 4 rings (SSSR count). The van der Waals surface area contributed by atoms with E-state index in [9.17, 15) is 4.79 Å². The summed E-state index contributed by atoms with van der Waals surface area (Å²) >= 11 is 0. The number of aromatic nitrogens is 2. The lowest BCUT2D eigenvalue weighted by atomic mass is 10.1. The molecule has 2 fully saturated rings. The molecule has 2 aromatic rings. The zero-order chi connectivity index (χ0) is 16.7. The van der Waals surface area contributed by atoms with Crippen LogP contribution in [0.1, 0.15) is 37.3 Å². The van der Waals surface area contributed by atoms with Gasteiger partial charge in [-0.15, -0.1) is 0 Å². The highest BCUT2D eigenvalue weighted by atomic mass is 16.5. The largest absolute Gasteiger partial charge is 0.493 e. The second-order valence-electron chi connectivity index (χ2n) is 6.47. The summed E-state index contributed by atoms with van der Waals surface area (Å²) in [6.07, 6.45) is 4.24. The number of anilines is 1. The highest BCUT2D eigenvalue weighted by Gasteiger charge is 2.34. The van der Waals surface area contributed by atoms with Crippen molar-refractivity contribution in [1.82, 2.24) is 10.2 Å². The van der Waals surface area contributed by atoms with E-state index in [-0.39, 0.29) is 11.8 Å². The molecule has 2 saturated carbocycles. The molecule has 2 N–H and O–H groups in total. The Bertz CT molecular complexity index is 776. The average Bonchev–Trinajstić information content (AvgIpc) is 3.52. The number of ether oxygens (including phenoxy) is 2. The van der Waals surface area contributed by atoms with Crippen molar-refractivity contribution >= 4 is 11.6 Å². The van der Waals surface area contributed by atoms with Gasteiger partial charge in [-0.25, -0.2) is 0 Å². The van der Waals surface area contributed by atoms with E-state index >= 15 is 0 Å². The Hall–Kier alpha value is -2.50. The maximum Gasteiger partial charge on any atom is 0.227 e. The standard InChI is InChI=1S/C18H21N3O3/c1-23-13-8-7-12(9-14(13)24-2)16-17(19-18(22)11-5-6-11)15(20-21-16)10-3-4-10/h7-11H,3-6H2,1-2H3,(H,19,22)(H,20,21). The molecule has 0 bridgehead atoms. The molecule has 0 unspecified atom stereocenters. The van der Waals surface area contributed by atoms with Crippen molar-refractivity contribution < 1.29 is 14.3 Å². The molecule has 1 aromatic heterocycles. The predicted octanol–water partition coefficient (Wildman–Crippen LogP) is 3.32. The number of nitrogens with one attached hydrogen (secondary N) is 2. The number of nitrogens with zero attached hydrogens (tertiary/aromatic N) is 1. The van der Waals surface area contributed by atoms with Crippen LogP contribution in [0.15, 0.2) is 18.2 Å². The molecule has 0 spiro atoms. The summed E-state index contributed by atoms with van der Waals surface area (Å²) in [6, 6.07) is 5.67. The van der Waals surface area contributed by atoms with Gasteiger partial charge in [0.15, 0.2) is 11.5 Å². The minimum atomic E-state index is 0.0972. The Balaban J connectivity index is 1.72. The number of hydrogen-bond donors (Lipinski definition) is 2. The van der Waals surface area contributed by atoms with Crippen molar-refractivity contribution in [3.63, 3.8) is 0 Å². The molecule has 2 aliphatic carbocycles. The van der Waals surface area contributed by atoms with Gasteiger partial charge >= 0.3 is 0 Å². The van der Waals surface area contributed by atoms with E-state index in [4.69, 9.17) is 9.47 Å². The SMILES string of the molecule is COc1ccc(-c2n[nH]c(C3CC3)c2NC(=O)C2CC2)cc1OC. The lowest BCUT2D eigenvalue weighted by Crippen LogP contribution is -2.14. The van der Waals surface area contributed by atoms with Crippen LogP contribution in [0.2, 0.25) is 0 Å². The first-order valence-electron chi connectivity index (χ1n) is 8.32. The quantitative estimate of drug-likeness (QED) is 0.853. The Labute approximate surface area is 140 Å². The first-order chi connectivity index (χ1) is 11.7. The van der Waals surface area contributed by atoms with Crippen LogP contribution in [0.3, 0.4) is 0 Å². The molecule has 1 amide bonds. The van der Waals surface area contributed by atoms with E-state index in [0.29, 0.717) is 17.4 Å². The number of methoxy groups -OCH3 is 2. The van der Waals surface area contributed by atoms with Crippen LogP contribution >= 0.6 is 0 Å². The van der Waals surface area contributed by atoms with E-state index in [1.807, 2.05) is 18.2 Å². The number of H-pyrrole nitrogens is 1. The van der Waals surface area contributed by atoms with Crippen molar-refractivity contribution in [3.05, 3.63) is 23.9 Å². The number of benzene rings is 1. The van der Waals surface area contributed by atoms with Gasteiger partial charge in [0.2, 0.25) is 5.91 Å². The summed E-state index contributed by atoms with van der Waals surface area (Å²) in [5.41, 5.74) is 3.50. The molecule has 126 valence electrons. The van der Waals surface area contributed by atoms with Gasteiger partial charge in [-0.2, -0.15) is 5.10 Å². The number of carbonyl (C=O) groups is 1. The molecule has 6 nitrogen and oxygen atoms in total. The van der Waals surface area contributed by atoms with Gasteiger partial charge in [0.25, 0.3) is 0 Å². The van der Waals surface area contributed by atoms with Gasteiger partial charge in [0.1, 0.15) is 5.69 Å². The molecule has 0 saturated heterocycles. The van der Waals surface area contributed by atoms with Crippen molar-refractivity contribution in [2.45, 2.75) is 31.6 Å². The minimum Gasteiger partial charge on any atom is -0.493 e. The van der Waals surface area contributed by atoms with Crippen LogP contribution in [0.25, 0.3) is 11.3 Å². The number of amides is 1. The maximum absolute atomic E-state index is 12.3. The van der Waals surface area contributed by atoms with Crippen LogP contribution in [-0.2, 0) is 4.79 Å². The fourth-order valence-electron chi connectivity index (χ4n) is 2.91. The highest BCUT2D eigenvalue weighted by Crippen LogP contribution is 2.46. The topological polar surface area (TPSA) is 76.2 Å². The minimum absolute atomic E-state index is 0.0972. The molecule has 0 atom stereocenters. The van der Waals surface area contributed by atoms with Crippen LogP contribution in [-0.4, -0.2) is 30.3 Å². The lowest BCUT2D eigenvalue weighted by Gasteiger charge is -2.11. The van der Waals surface area contributed by atoms with Crippen molar-refractivity contribution in [2.75, 3.05) is 19.5 Å². The van der Waals surface area contributed by atoms with Gasteiger partial charge in [0, 0.05) is 17.4 Å². The summed E-state index contributed by atoms with van der Waals surface area (Å²) in [4.78, 5) is 12.3. The summed E-state index contributed by atoms with van der Waals surface area (Å²) in [6.45, 7) is 0. The normalized spacial score (nSPS) is 16.8. The van der Waals surface area contributed by atoms with E-state index in [0.717, 1.165) is 48.3 Å². The zero-order valence-electron chi connectivity index (χ0n) is 13.9. The second kappa shape index (κ2) is 5.85. The number of aromatic amines is 1. The zero-order valence-corrected chi connectivity index (χ0v) is 13.9. The molecule has 0 radical (unpaired) electrons. The van der Waals surface area contributed by atoms with Gasteiger partial charge in [-0.3, -0.25) is 9.89 Å². The molecule has 24 heavy (non-hydrogen) atoms. The molecular formula is C18H21N3O3. The number of rotatable bonds is 6. The highest BCUT2D eigenvalue weighted by molar-refractivity contribution is 5.98. The van der Waals surface area contributed by atoms with Gasteiger partial charge in [-0.05, 0) is 43.9 Å². The number of hydrogen-bond acceptors (Lipinski definition) is 4. The van der Waals surface area contributed by atoms with Crippen LogP contribution in [0, 0.1) is 5.92 Å². The molecule has 1 heterocycles. The molecule has 1 aromatic carbocycles. The Kier molecular flexibility index (Phi) is 3.67. The number of carbonyl (C=O) groups excluding carboxylic acids is 1. The van der Waals surface area contributed by atoms with Crippen LogP contribution < -0.4 is 14.8 Å². The average molecular weight is 327 g/mol. The van der Waals surface area contributed by atoms with Crippen molar-refractivity contribution in [2.24, 2.45) is 5.92 Å². The Morgan fingerprint density at radius 1 is 1.17 bits per heavy atom. The monoisotopic (exact) mass is 327 g/mol. The van der Waals surface area contributed by atoms with Crippen LogP contribution in [0.5, 0.6) is 11.5 Å². The fraction of sp³-hybridized carbons (Fsp3) is 0.444. The summed E-state index contributed by atoms with van der Waals surface area (Å²) in [7, 11) is 3.22. The summed E-state index contributed by atoms with van der Waals surface area (Å²) in [5, 5.41) is 10.7. The van der Waals surface area contributed by atoms with E-state index in [1.165, 1.54) is 0 Å². The third-order valence-electron chi connectivity index (χ3n) is 4.63. The molecule has 6 heteroatoms. The first-order valence-corrected chi connectivity index (χ1v) is 8.32. The van der Waals surface area contributed by atoms with Gasteiger partial charge in [-0.1, -0.05) is 0 Å². The van der Waals surface area contributed by atoms with Crippen molar-refractivity contribution in [1.29, 1.82) is 0 Å². The fourth-order valence-corrected chi connectivity index (χ4v) is 2.91. The van der Waals surface area contributed by atoms with Crippen molar-refractivity contribution in [3.8, 4) is 22.8 Å². The maximum atomic E-state index is 12.3. The van der Waals surface area contributed by atoms with E-state index < -0.39 is 0 Å². The lowest BCUT2D eigenvalue weighted by molar-refractivity contribution is -0.117. The van der Waals surface area contributed by atoms with E-state index in [1.54, 1.807) is 14.2 Å². The first kappa shape index (κ1) is 15.1. The molecule has 0 aliphatic heterocycles. The smallest absolute Gasteiger partial charge is 0.227 e. The third kappa shape index (κ3) is 2.72.